The van der Waals surface area contributed by atoms with E-state index in [1.165, 1.54) is 4.90 Å². The maximum atomic E-state index is 13.0. The van der Waals surface area contributed by atoms with E-state index in [-0.39, 0.29) is 23.4 Å². The number of anilines is 1. The van der Waals surface area contributed by atoms with E-state index in [0.717, 1.165) is 17.5 Å². The number of nitrogens with zero attached hydrogens (tertiary/aromatic N) is 3. The number of likely N-dealkylation sites (N-methyl/N-ethyl adjacent to an activating group) is 1. The summed E-state index contributed by atoms with van der Waals surface area (Å²) in [4.78, 5) is 31.7. The number of hydrogen-bond donors (Lipinski definition) is 1. The second kappa shape index (κ2) is 6.84. The van der Waals surface area contributed by atoms with Gasteiger partial charge in [0.05, 0.1) is 0 Å². The van der Waals surface area contributed by atoms with E-state index in [2.05, 4.69) is 15.5 Å². The molecule has 1 fully saturated rings. The molecule has 1 N–H and O–H groups in total. The summed E-state index contributed by atoms with van der Waals surface area (Å²) >= 11 is 0. The molecule has 2 amide bonds. The van der Waals surface area contributed by atoms with Gasteiger partial charge in [0.1, 0.15) is 17.6 Å². The van der Waals surface area contributed by atoms with Gasteiger partial charge < -0.3 is 9.84 Å². The topological polar surface area (TPSA) is 88.3 Å². The lowest BCUT2D eigenvalue weighted by Crippen LogP contribution is -2.48. The molecule has 3 heterocycles. The highest BCUT2D eigenvalue weighted by Gasteiger charge is 2.52. The Bertz CT molecular complexity index is 1080. The Balaban J connectivity index is 1.32. The lowest BCUT2D eigenvalue weighted by Gasteiger charge is -2.22. The normalized spacial score (nSPS) is 22.4. The summed E-state index contributed by atoms with van der Waals surface area (Å²) in [6.07, 6.45) is 3.10. The van der Waals surface area contributed by atoms with Crippen LogP contribution in [0.2, 0.25) is 0 Å². The molecule has 1 unspecified atom stereocenters. The minimum atomic E-state index is -0.596. The molecule has 2 aliphatic rings. The van der Waals surface area contributed by atoms with Crippen molar-refractivity contribution in [1.82, 2.24) is 15.5 Å². The summed E-state index contributed by atoms with van der Waals surface area (Å²) in [7, 11) is 1.70. The van der Waals surface area contributed by atoms with E-state index in [0.29, 0.717) is 18.0 Å². The van der Waals surface area contributed by atoms with Crippen molar-refractivity contribution in [3.05, 3.63) is 77.3 Å². The highest BCUT2D eigenvalue weighted by Crippen LogP contribution is 2.53. The fourth-order valence-electron chi connectivity index (χ4n) is 4.10. The Morgan fingerprint density at radius 2 is 2.07 bits per heavy atom. The first kappa shape index (κ1) is 17.6. The van der Waals surface area contributed by atoms with Crippen molar-refractivity contribution in [2.45, 2.75) is 24.8 Å². The summed E-state index contributed by atoms with van der Waals surface area (Å²) < 4.78 is 5.32. The summed E-state index contributed by atoms with van der Waals surface area (Å²) in [5.41, 5.74) is 2.32. The van der Waals surface area contributed by atoms with Gasteiger partial charge in [-0.2, -0.15) is 0 Å². The zero-order valence-electron chi connectivity index (χ0n) is 15.9. The van der Waals surface area contributed by atoms with Gasteiger partial charge in [-0.25, -0.2) is 4.98 Å². The van der Waals surface area contributed by atoms with Crippen LogP contribution in [-0.2, 0) is 11.2 Å². The van der Waals surface area contributed by atoms with Crippen molar-refractivity contribution >= 4 is 17.6 Å². The van der Waals surface area contributed by atoms with Crippen LogP contribution in [-0.4, -0.2) is 35.0 Å². The van der Waals surface area contributed by atoms with E-state index in [9.17, 15) is 9.59 Å². The molecule has 0 radical (unpaired) electrons. The molecular formula is C22H20N4O3. The van der Waals surface area contributed by atoms with Crippen LogP contribution in [0.4, 0.5) is 5.82 Å². The van der Waals surface area contributed by atoms with Gasteiger partial charge in [-0.1, -0.05) is 41.6 Å². The number of nitrogens with one attached hydrogen (secondary N) is 1. The van der Waals surface area contributed by atoms with Crippen molar-refractivity contribution in [3.63, 3.8) is 0 Å². The summed E-state index contributed by atoms with van der Waals surface area (Å²) in [5.74, 6) is 1.04. The van der Waals surface area contributed by atoms with Crippen LogP contribution < -0.4 is 10.2 Å². The average molecular weight is 388 g/mol. The predicted molar refractivity (Wildman–Crippen MR) is 106 cm³/mol. The average Bonchev–Trinajstić information content (AvgIpc) is 3.41. The van der Waals surface area contributed by atoms with Crippen molar-refractivity contribution in [2.24, 2.45) is 5.92 Å². The molecule has 0 saturated heterocycles. The van der Waals surface area contributed by atoms with E-state index in [1.807, 2.05) is 42.5 Å². The third-order valence-electron chi connectivity index (χ3n) is 5.70. The molecule has 7 heteroatoms. The lowest BCUT2D eigenvalue weighted by atomic mass is 10.1. The third kappa shape index (κ3) is 3.18. The van der Waals surface area contributed by atoms with E-state index in [1.54, 1.807) is 19.3 Å². The maximum Gasteiger partial charge on any atom is 0.274 e. The number of carbonyl (C=O) groups is 2. The molecule has 7 nitrogen and oxygen atoms in total. The number of fused-ring (bicyclic) bond motifs is 3. The van der Waals surface area contributed by atoms with Gasteiger partial charge in [0.15, 0.2) is 5.69 Å². The highest BCUT2D eigenvalue weighted by atomic mass is 16.5. The van der Waals surface area contributed by atoms with Crippen molar-refractivity contribution in [3.8, 4) is 0 Å². The van der Waals surface area contributed by atoms with Crippen LogP contribution in [0.3, 0.4) is 0 Å². The molecule has 3 aromatic rings. The largest absolute Gasteiger partial charge is 0.360 e. The molecule has 1 aliphatic heterocycles. The zero-order chi connectivity index (χ0) is 20.0. The fraction of sp³-hybridized carbons (Fsp3) is 0.273. The first-order chi connectivity index (χ1) is 14.1. The fourth-order valence-corrected chi connectivity index (χ4v) is 4.10. The predicted octanol–water partition coefficient (Wildman–Crippen LogP) is 2.54. The number of rotatable bonds is 4. The van der Waals surface area contributed by atoms with Gasteiger partial charge >= 0.3 is 0 Å². The molecule has 2 aromatic heterocycles. The van der Waals surface area contributed by atoms with Crippen molar-refractivity contribution in [2.75, 3.05) is 11.9 Å². The minimum absolute atomic E-state index is 0.0787. The van der Waals surface area contributed by atoms with E-state index >= 15 is 0 Å². The van der Waals surface area contributed by atoms with Gasteiger partial charge in [0.25, 0.3) is 11.8 Å². The summed E-state index contributed by atoms with van der Waals surface area (Å²) in [6.45, 7) is 0. The molecular weight excluding hydrogens is 368 g/mol. The van der Waals surface area contributed by atoms with Gasteiger partial charge in [-0.3, -0.25) is 14.5 Å². The number of aromatic nitrogens is 2. The molecule has 1 aromatic carbocycles. The first-order valence-electron chi connectivity index (χ1n) is 9.64. The van der Waals surface area contributed by atoms with Crippen LogP contribution in [0.15, 0.2) is 59.3 Å². The Morgan fingerprint density at radius 3 is 2.90 bits per heavy atom. The highest BCUT2D eigenvalue weighted by molar-refractivity contribution is 6.02. The van der Waals surface area contributed by atoms with Crippen LogP contribution >= 0.6 is 0 Å². The number of hydrogen-bond acceptors (Lipinski definition) is 5. The Labute approximate surface area is 167 Å². The van der Waals surface area contributed by atoms with Crippen LogP contribution in [0.1, 0.15) is 39.7 Å². The molecule has 146 valence electrons. The Morgan fingerprint density at radius 1 is 1.24 bits per heavy atom. The lowest BCUT2D eigenvalue weighted by molar-refractivity contribution is -0.120. The quantitative estimate of drug-likeness (QED) is 0.742. The SMILES string of the molecule is CN1C(=O)[C@H](NC(=O)c2cc(Cc3ccccc3)on2)[C@@H]2CC2c2cccnc21. The van der Waals surface area contributed by atoms with E-state index < -0.39 is 11.9 Å². The Kier molecular flexibility index (Phi) is 4.16. The van der Waals surface area contributed by atoms with Crippen LogP contribution in [0.5, 0.6) is 0 Å². The second-order valence-corrected chi connectivity index (χ2v) is 7.61. The molecule has 0 bridgehead atoms. The summed E-state index contributed by atoms with van der Waals surface area (Å²) in [6, 6.07) is 14.8. The molecule has 1 aliphatic carbocycles. The van der Waals surface area contributed by atoms with Crippen LogP contribution in [0.25, 0.3) is 0 Å². The van der Waals surface area contributed by atoms with Gasteiger partial charge in [0, 0.05) is 25.7 Å². The van der Waals surface area contributed by atoms with Crippen LogP contribution in [0, 0.1) is 5.92 Å². The molecule has 5 rings (SSSR count). The zero-order valence-corrected chi connectivity index (χ0v) is 15.9. The van der Waals surface area contributed by atoms with Crippen molar-refractivity contribution in [1.29, 1.82) is 0 Å². The monoisotopic (exact) mass is 388 g/mol. The number of benzene rings is 1. The number of pyridine rings is 1. The third-order valence-corrected chi connectivity index (χ3v) is 5.70. The summed E-state index contributed by atoms with van der Waals surface area (Å²) in [5, 5.41) is 6.78. The number of amides is 2. The van der Waals surface area contributed by atoms with Gasteiger partial charge in [-0.15, -0.1) is 0 Å². The van der Waals surface area contributed by atoms with E-state index in [4.69, 9.17) is 4.52 Å². The maximum absolute atomic E-state index is 13.0. The standard InChI is InChI=1S/C22H20N4O3/c1-26-20-15(8-5-9-23-20)16-12-17(16)19(22(26)28)24-21(27)18-11-14(29-25-18)10-13-6-3-2-4-7-13/h2-9,11,16-17,19H,10,12H2,1H3,(H,24,27)/t16?,17-,19-/m1/s1. The first-order valence-corrected chi connectivity index (χ1v) is 9.64. The Hall–Kier alpha value is -3.48. The van der Waals surface area contributed by atoms with Crippen molar-refractivity contribution < 1.29 is 14.1 Å². The van der Waals surface area contributed by atoms with Gasteiger partial charge in [0.2, 0.25) is 0 Å². The minimum Gasteiger partial charge on any atom is -0.360 e. The smallest absolute Gasteiger partial charge is 0.274 e. The molecule has 1 saturated carbocycles. The number of carbonyl (C=O) groups excluding carboxylic acids is 2. The van der Waals surface area contributed by atoms with Gasteiger partial charge in [-0.05, 0) is 35.4 Å². The molecule has 0 spiro atoms. The molecule has 3 atom stereocenters. The molecule has 29 heavy (non-hydrogen) atoms. The second-order valence-electron chi connectivity index (χ2n) is 7.61.